The quantitative estimate of drug-likeness (QED) is 0.889. The molecule has 1 aromatic carbocycles. The highest BCUT2D eigenvalue weighted by Gasteiger charge is 2.18. The second-order valence-electron chi connectivity index (χ2n) is 5.73. The molecule has 1 heterocycles. The molecular weight excluding hydrogens is 274 g/mol. The minimum absolute atomic E-state index is 0.0680. The molecule has 2 aromatic rings. The van der Waals surface area contributed by atoms with Crippen LogP contribution in [0.4, 0.5) is 5.69 Å². The topological polar surface area (TPSA) is 54.0 Å². The fourth-order valence-electron chi connectivity index (χ4n) is 2.76. The zero-order valence-corrected chi connectivity index (χ0v) is 12.6. The van der Waals surface area contributed by atoms with Gasteiger partial charge in [0.15, 0.2) is 0 Å². The number of anilines is 1. The van der Waals surface area contributed by atoms with Gasteiger partial charge in [0.2, 0.25) is 0 Å². The van der Waals surface area contributed by atoms with E-state index in [4.69, 9.17) is 0 Å². The highest BCUT2D eigenvalue weighted by molar-refractivity contribution is 5.92. The first kappa shape index (κ1) is 14.6. The maximum absolute atomic E-state index is 12.1. The van der Waals surface area contributed by atoms with Gasteiger partial charge >= 0.3 is 0 Å². The summed E-state index contributed by atoms with van der Waals surface area (Å²) < 4.78 is 0. The Bertz CT molecular complexity index is 604. The number of rotatable bonds is 5. The number of hydrogen-bond acceptors (Lipinski definition) is 3. The number of hydrogen-bond donors (Lipinski definition) is 2. The molecule has 0 bridgehead atoms. The normalized spacial score (nSPS) is 14.7. The van der Waals surface area contributed by atoms with Gasteiger partial charge in [0.05, 0.1) is 11.9 Å². The summed E-state index contributed by atoms with van der Waals surface area (Å²) in [6.07, 6.45) is 6.30. The van der Waals surface area contributed by atoms with Crippen molar-refractivity contribution in [2.75, 3.05) is 5.32 Å². The summed E-state index contributed by atoms with van der Waals surface area (Å²) in [7, 11) is 0. The molecule has 1 amide bonds. The molecule has 2 N–H and O–H groups in total. The first-order valence-electron chi connectivity index (χ1n) is 7.86. The lowest BCUT2D eigenvalue weighted by Gasteiger charge is -2.11. The Balaban J connectivity index is 1.54. The van der Waals surface area contributed by atoms with E-state index < -0.39 is 0 Å². The first-order valence-corrected chi connectivity index (χ1v) is 7.86. The Hall–Kier alpha value is -2.36. The number of nitrogens with zero attached hydrogens (tertiary/aromatic N) is 1. The van der Waals surface area contributed by atoms with Crippen molar-refractivity contribution in [1.82, 2.24) is 10.3 Å². The third-order valence-corrected chi connectivity index (χ3v) is 4.03. The van der Waals surface area contributed by atoms with E-state index in [1.54, 1.807) is 12.3 Å². The van der Waals surface area contributed by atoms with Crippen LogP contribution in [0.25, 0.3) is 0 Å². The molecule has 4 nitrogen and oxygen atoms in total. The van der Waals surface area contributed by atoms with Crippen LogP contribution in [0, 0.1) is 0 Å². The molecule has 1 saturated carbocycles. The lowest BCUT2D eigenvalue weighted by Crippen LogP contribution is -2.33. The lowest BCUT2D eigenvalue weighted by molar-refractivity contribution is 0.0933. The second kappa shape index (κ2) is 7.07. The summed E-state index contributed by atoms with van der Waals surface area (Å²) in [6, 6.07) is 14.2. The summed E-state index contributed by atoms with van der Waals surface area (Å²) >= 11 is 0. The van der Waals surface area contributed by atoms with E-state index >= 15 is 0 Å². The number of carbonyl (C=O) groups excluding carboxylic acids is 1. The van der Waals surface area contributed by atoms with Crippen molar-refractivity contribution >= 4 is 11.6 Å². The SMILES string of the molecule is O=C(NC1CCCC1)c1ccc(NCc2ccccc2)cn1. The van der Waals surface area contributed by atoms with Gasteiger partial charge in [-0.25, -0.2) is 4.98 Å². The molecule has 1 aromatic heterocycles. The second-order valence-corrected chi connectivity index (χ2v) is 5.73. The fourth-order valence-corrected chi connectivity index (χ4v) is 2.76. The number of carbonyl (C=O) groups is 1. The standard InChI is InChI=1S/C18H21N3O/c22-18(21-15-8-4-5-9-15)17-11-10-16(13-20-17)19-12-14-6-2-1-3-7-14/h1-3,6-7,10-11,13,15,19H,4-5,8-9,12H2,(H,21,22). The van der Waals surface area contributed by atoms with Crippen LogP contribution in [-0.2, 0) is 6.54 Å². The van der Waals surface area contributed by atoms with Crippen LogP contribution in [-0.4, -0.2) is 16.9 Å². The molecule has 3 rings (SSSR count). The van der Waals surface area contributed by atoms with Crippen molar-refractivity contribution in [3.63, 3.8) is 0 Å². The van der Waals surface area contributed by atoms with Crippen molar-refractivity contribution in [3.05, 3.63) is 59.9 Å². The third kappa shape index (κ3) is 3.85. The molecule has 1 aliphatic rings. The van der Waals surface area contributed by atoms with Crippen LogP contribution in [0.5, 0.6) is 0 Å². The maximum atomic E-state index is 12.1. The Morgan fingerprint density at radius 3 is 2.55 bits per heavy atom. The minimum atomic E-state index is -0.0680. The molecule has 0 unspecified atom stereocenters. The van der Waals surface area contributed by atoms with Crippen LogP contribution in [0.2, 0.25) is 0 Å². The van der Waals surface area contributed by atoms with Crippen LogP contribution < -0.4 is 10.6 Å². The first-order chi connectivity index (χ1) is 10.8. The van der Waals surface area contributed by atoms with E-state index in [2.05, 4.69) is 27.8 Å². The van der Waals surface area contributed by atoms with E-state index in [9.17, 15) is 4.79 Å². The monoisotopic (exact) mass is 295 g/mol. The van der Waals surface area contributed by atoms with Crippen molar-refractivity contribution < 1.29 is 4.79 Å². The zero-order chi connectivity index (χ0) is 15.2. The number of aromatic nitrogens is 1. The third-order valence-electron chi connectivity index (χ3n) is 4.03. The van der Waals surface area contributed by atoms with Gasteiger partial charge in [-0.2, -0.15) is 0 Å². The largest absolute Gasteiger partial charge is 0.380 e. The molecule has 0 atom stereocenters. The van der Waals surface area contributed by atoms with Crippen LogP contribution in [0.3, 0.4) is 0 Å². The molecule has 4 heteroatoms. The van der Waals surface area contributed by atoms with E-state index in [1.165, 1.54) is 18.4 Å². The van der Waals surface area contributed by atoms with Gasteiger partial charge in [0.1, 0.15) is 5.69 Å². The summed E-state index contributed by atoms with van der Waals surface area (Å²) in [5, 5.41) is 6.36. The predicted octanol–water partition coefficient (Wildman–Crippen LogP) is 3.37. The summed E-state index contributed by atoms with van der Waals surface area (Å²) in [4.78, 5) is 16.4. The fraction of sp³-hybridized carbons (Fsp3) is 0.333. The van der Waals surface area contributed by atoms with E-state index in [0.29, 0.717) is 11.7 Å². The van der Waals surface area contributed by atoms with Gasteiger partial charge in [0, 0.05) is 12.6 Å². The summed E-state index contributed by atoms with van der Waals surface area (Å²) in [6.45, 7) is 0.746. The van der Waals surface area contributed by atoms with Gasteiger partial charge in [0.25, 0.3) is 5.91 Å². The molecule has 0 radical (unpaired) electrons. The van der Waals surface area contributed by atoms with Crippen molar-refractivity contribution in [3.8, 4) is 0 Å². The van der Waals surface area contributed by atoms with Gasteiger partial charge in [-0.3, -0.25) is 4.79 Å². The number of nitrogens with one attached hydrogen (secondary N) is 2. The van der Waals surface area contributed by atoms with Gasteiger partial charge in [-0.1, -0.05) is 43.2 Å². The lowest BCUT2D eigenvalue weighted by atomic mass is 10.2. The van der Waals surface area contributed by atoms with Gasteiger partial charge < -0.3 is 10.6 Å². The smallest absolute Gasteiger partial charge is 0.270 e. The Labute approximate surface area is 131 Å². The molecule has 1 fully saturated rings. The molecule has 0 saturated heterocycles. The van der Waals surface area contributed by atoms with E-state index in [0.717, 1.165) is 25.1 Å². The van der Waals surface area contributed by atoms with Crippen molar-refractivity contribution in [2.45, 2.75) is 38.3 Å². The van der Waals surface area contributed by atoms with Crippen molar-refractivity contribution in [1.29, 1.82) is 0 Å². The number of benzene rings is 1. The van der Waals surface area contributed by atoms with E-state index in [-0.39, 0.29) is 5.91 Å². The van der Waals surface area contributed by atoms with Crippen LogP contribution >= 0.6 is 0 Å². The van der Waals surface area contributed by atoms with Crippen LogP contribution in [0.15, 0.2) is 48.7 Å². The van der Waals surface area contributed by atoms with Crippen molar-refractivity contribution in [2.24, 2.45) is 0 Å². The average molecular weight is 295 g/mol. The highest BCUT2D eigenvalue weighted by Crippen LogP contribution is 2.18. The van der Waals surface area contributed by atoms with Gasteiger partial charge in [-0.15, -0.1) is 0 Å². The highest BCUT2D eigenvalue weighted by atomic mass is 16.1. The molecule has 22 heavy (non-hydrogen) atoms. The molecule has 0 aliphatic heterocycles. The molecule has 114 valence electrons. The Morgan fingerprint density at radius 1 is 1.09 bits per heavy atom. The van der Waals surface area contributed by atoms with Gasteiger partial charge in [-0.05, 0) is 30.5 Å². The average Bonchev–Trinajstić information content (AvgIpc) is 3.07. The summed E-state index contributed by atoms with van der Waals surface area (Å²) in [5.74, 6) is -0.0680. The predicted molar refractivity (Wildman–Crippen MR) is 87.7 cm³/mol. The Kier molecular flexibility index (Phi) is 4.68. The number of pyridine rings is 1. The molecule has 0 spiro atoms. The van der Waals surface area contributed by atoms with Crippen LogP contribution in [0.1, 0.15) is 41.7 Å². The zero-order valence-electron chi connectivity index (χ0n) is 12.6. The maximum Gasteiger partial charge on any atom is 0.270 e. The molecular formula is C18H21N3O. The number of amides is 1. The summed E-state index contributed by atoms with van der Waals surface area (Å²) in [5.41, 5.74) is 2.61. The van der Waals surface area contributed by atoms with E-state index in [1.807, 2.05) is 24.3 Å². The molecule has 1 aliphatic carbocycles. The Morgan fingerprint density at radius 2 is 1.86 bits per heavy atom. The minimum Gasteiger partial charge on any atom is -0.380 e.